The van der Waals surface area contributed by atoms with Crippen molar-refractivity contribution in [3.8, 4) is 11.3 Å². The normalized spacial score (nSPS) is 10.4. The second-order valence-corrected chi connectivity index (χ2v) is 6.96. The van der Waals surface area contributed by atoms with E-state index < -0.39 is 0 Å². The fraction of sp³-hybridized carbons (Fsp3) is 0.105. The lowest BCUT2D eigenvalue weighted by Gasteiger charge is -2.17. The molecule has 0 N–H and O–H groups in total. The highest BCUT2D eigenvalue weighted by Crippen LogP contribution is 2.28. The molecular weight excluding hydrogens is 350 g/mol. The number of nitrogens with zero attached hydrogens (tertiary/aromatic N) is 3. The maximum absolute atomic E-state index is 12.6. The van der Waals surface area contributed by atoms with Crippen LogP contribution in [0.25, 0.3) is 11.3 Å². The summed E-state index contributed by atoms with van der Waals surface area (Å²) in [5, 5.41) is 3.49. The van der Waals surface area contributed by atoms with Gasteiger partial charge in [-0.1, -0.05) is 54.2 Å². The van der Waals surface area contributed by atoms with Gasteiger partial charge in [0, 0.05) is 23.7 Å². The van der Waals surface area contributed by atoms with Crippen LogP contribution in [0.1, 0.15) is 0 Å². The van der Waals surface area contributed by atoms with Crippen molar-refractivity contribution in [1.82, 2.24) is 9.97 Å². The van der Waals surface area contributed by atoms with Crippen LogP contribution in [-0.4, -0.2) is 28.2 Å². The first-order valence-corrected chi connectivity index (χ1v) is 9.60. The van der Waals surface area contributed by atoms with Gasteiger partial charge in [-0.25, -0.2) is 9.97 Å². The topological polar surface area (TPSA) is 46.1 Å². The first-order valence-electron chi connectivity index (χ1n) is 7.74. The summed E-state index contributed by atoms with van der Waals surface area (Å²) >= 11 is 2.88. The molecule has 0 aliphatic carbocycles. The number of amides is 1. The second kappa shape index (κ2) is 8.60. The number of aromatic nitrogens is 2. The van der Waals surface area contributed by atoms with Gasteiger partial charge in [0.1, 0.15) is 0 Å². The van der Waals surface area contributed by atoms with Crippen LogP contribution < -0.4 is 4.90 Å². The van der Waals surface area contributed by atoms with Crippen molar-refractivity contribution >= 4 is 34.1 Å². The highest BCUT2D eigenvalue weighted by Gasteiger charge is 2.18. The molecule has 0 bridgehead atoms. The van der Waals surface area contributed by atoms with Gasteiger partial charge in [0.15, 0.2) is 5.13 Å². The van der Waals surface area contributed by atoms with Gasteiger partial charge in [0.05, 0.1) is 16.5 Å². The molecule has 0 saturated carbocycles. The van der Waals surface area contributed by atoms with Crippen LogP contribution in [0.3, 0.4) is 0 Å². The summed E-state index contributed by atoms with van der Waals surface area (Å²) in [5.74, 6) is 0.301. The van der Waals surface area contributed by atoms with Crippen LogP contribution in [0.15, 0.2) is 77.8 Å². The highest BCUT2D eigenvalue weighted by molar-refractivity contribution is 7.99. The van der Waals surface area contributed by atoms with E-state index in [1.807, 2.05) is 53.9 Å². The van der Waals surface area contributed by atoms with Crippen molar-refractivity contribution in [1.29, 1.82) is 0 Å². The Kier molecular flexibility index (Phi) is 5.98. The molecule has 0 unspecified atom stereocenters. The monoisotopic (exact) mass is 367 g/mol. The minimum Gasteiger partial charge on any atom is -0.284 e. The fourth-order valence-corrected chi connectivity index (χ4v) is 3.79. The standard InChI is InChI=1S/C19H17N3OS2/c1-2-12-22(18(23)14-24-17-10-6-7-11-20-17)19-21-16(13-25-19)15-8-4-3-5-9-15/h2-11,13H,1,12,14H2. The molecule has 0 saturated heterocycles. The smallest absolute Gasteiger partial charge is 0.239 e. The Morgan fingerprint density at radius 1 is 1.20 bits per heavy atom. The number of rotatable bonds is 7. The number of carbonyl (C=O) groups excluding carboxylic acids is 1. The van der Waals surface area contributed by atoms with E-state index in [0.717, 1.165) is 16.3 Å². The van der Waals surface area contributed by atoms with Crippen molar-refractivity contribution < 1.29 is 4.79 Å². The zero-order valence-electron chi connectivity index (χ0n) is 13.5. The van der Waals surface area contributed by atoms with Crippen LogP contribution in [0.2, 0.25) is 0 Å². The minimum absolute atomic E-state index is 0.00971. The molecule has 0 aliphatic heterocycles. The zero-order valence-corrected chi connectivity index (χ0v) is 15.2. The summed E-state index contributed by atoms with van der Waals surface area (Å²) in [6, 6.07) is 15.6. The molecular formula is C19H17N3OS2. The van der Waals surface area contributed by atoms with Crippen molar-refractivity contribution in [3.63, 3.8) is 0 Å². The molecule has 2 heterocycles. The van der Waals surface area contributed by atoms with Gasteiger partial charge in [-0.3, -0.25) is 9.69 Å². The molecule has 0 fully saturated rings. The van der Waals surface area contributed by atoms with E-state index in [1.54, 1.807) is 17.2 Å². The van der Waals surface area contributed by atoms with E-state index in [9.17, 15) is 4.79 Å². The van der Waals surface area contributed by atoms with Gasteiger partial charge in [-0.05, 0) is 12.1 Å². The van der Waals surface area contributed by atoms with Crippen LogP contribution in [0.5, 0.6) is 0 Å². The molecule has 1 amide bonds. The van der Waals surface area contributed by atoms with Crippen molar-refractivity contribution in [2.75, 3.05) is 17.2 Å². The van der Waals surface area contributed by atoms with Crippen molar-refractivity contribution in [2.24, 2.45) is 0 Å². The van der Waals surface area contributed by atoms with Crippen molar-refractivity contribution in [2.45, 2.75) is 5.03 Å². The molecule has 0 atom stereocenters. The van der Waals surface area contributed by atoms with Gasteiger partial charge in [0.2, 0.25) is 5.91 Å². The predicted molar refractivity (Wildman–Crippen MR) is 105 cm³/mol. The summed E-state index contributed by atoms with van der Waals surface area (Å²) in [6.45, 7) is 4.19. The largest absolute Gasteiger partial charge is 0.284 e. The molecule has 6 heteroatoms. The first-order chi connectivity index (χ1) is 12.3. The van der Waals surface area contributed by atoms with Gasteiger partial charge in [0.25, 0.3) is 0 Å². The Hall–Kier alpha value is -2.44. The molecule has 0 aliphatic rings. The fourth-order valence-electron chi connectivity index (χ4n) is 2.19. The van der Waals surface area contributed by atoms with E-state index in [0.29, 0.717) is 17.4 Å². The number of hydrogen-bond acceptors (Lipinski definition) is 5. The zero-order chi connectivity index (χ0) is 17.5. The van der Waals surface area contributed by atoms with E-state index >= 15 is 0 Å². The minimum atomic E-state index is -0.00971. The summed E-state index contributed by atoms with van der Waals surface area (Å²) in [7, 11) is 0. The molecule has 2 aromatic heterocycles. The Morgan fingerprint density at radius 3 is 2.72 bits per heavy atom. The van der Waals surface area contributed by atoms with Gasteiger partial charge >= 0.3 is 0 Å². The van der Waals surface area contributed by atoms with Gasteiger partial charge < -0.3 is 0 Å². The van der Waals surface area contributed by atoms with Crippen LogP contribution >= 0.6 is 23.1 Å². The molecule has 4 nitrogen and oxygen atoms in total. The summed E-state index contributed by atoms with van der Waals surface area (Å²) in [4.78, 5) is 23.2. The average molecular weight is 367 g/mol. The third-order valence-corrected chi connectivity index (χ3v) is 5.18. The lowest BCUT2D eigenvalue weighted by molar-refractivity contribution is -0.116. The number of thiazole rings is 1. The van der Waals surface area contributed by atoms with Crippen LogP contribution in [0, 0.1) is 0 Å². The molecule has 1 aromatic carbocycles. The average Bonchev–Trinajstić information content (AvgIpc) is 3.15. The van der Waals surface area contributed by atoms with Crippen LogP contribution in [-0.2, 0) is 4.79 Å². The third-order valence-electron chi connectivity index (χ3n) is 3.39. The van der Waals surface area contributed by atoms with Crippen LogP contribution in [0.4, 0.5) is 5.13 Å². The lowest BCUT2D eigenvalue weighted by atomic mass is 10.2. The van der Waals surface area contributed by atoms with Gasteiger partial charge in [-0.2, -0.15) is 0 Å². The maximum Gasteiger partial charge on any atom is 0.239 e. The summed E-state index contributed by atoms with van der Waals surface area (Å²) < 4.78 is 0. The molecule has 126 valence electrons. The number of benzene rings is 1. The Morgan fingerprint density at radius 2 is 2.00 bits per heavy atom. The highest BCUT2D eigenvalue weighted by atomic mass is 32.2. The number of carbonyl (C=O) groups is 1. The Bertz CT molecular complexity index is 834. The van der Waals surface area contributed by atoms with E-state index in [-0.39, 0.29) is 5.91 Å². The number of pyridine rings is 1. The number of hydrogen-bond donors (Lipinski definition) is 0. The van der Waals surface area contributed by atoms with E-state index in [2.05, 4.69) is 16.5 Å². The predicted octanol–water partition coefficient (Wildman–Crippen LogP) is 4.52. The maximum atomic E-state index is 12.6. The van der Waals surface area contributed by atoms with Crippen molar-refractivity contribution in [3.05, 3.63) is 72.8 Å². The molecule has 0 radical (unpaired) electrons. The van der Waals surface area contributed by atoms with E-state index in [4.69, 9.17) is 0 Å². The third kappa shape index (κ3) is 4.55. The second-order valence-electron chi connectivity index (χ2n) is 5.13. The Labute approximate surface area is 155 Å². The summed E-state index contributed by atoms with van der Waals surface area (Å²) in [6.07, 6.45) is 3.44. The molecule has 3 aromatic rings. The number of thioether (sulfide) groups is 1. The molecule has 3 rings (SSSR count). The quantitative estimate of drug-likeness (QED) is 0.455. The summed E-state index contributed by atoms with van der Waals surface area (Å²) in [5.41, 5.74) is 1.92. The Balaban J connectivity index is 1.73. The molecule has 0 spiro atoms. The van der Waals surface area contributed by atoms with E-state index in [1.165, 1.54) is 23.1 Å². The van der Waals surface area contributed by atoms with Gasteiger partial charge in [-0.15, -0.1) is 17.9 Å². The number of anilines is 1. The first kappa shape index (κ1) is 17.4. The lowest BCUT2D eigenvalue weighted by Crippen LogP contribution is -2.32. The SMILES string of the molecule is C=CCN(C(=O)CSc1ccccn1)c1nc(-c2ccccc2)cs1. The molecule has 25 heavy (non-hydrogen) atoms.